The van der Waals surface area contributed by atoms with Crippen LogP contribution in [0.2, 0.25) is 0 Å². The van der Waals surface area contributed by atoms with Gasteiger partial charge >= 0.3 is 6.09 Å². The Balaban J connectivity index is 1.45. The lowest BCUT2D eigenvalue weighted by Gasteiger charge is -2.34. The van der Waals surface area contributed by atoms with E-state index in [1.54, 1.807) is 41.0 Å². The first-order valence-corrected chi connectivity index (χ1v) is 12.3. The van der Waals surface area contributed by atoms with Crippen LogP contribution in [0.25, 0.3) is 0 Å². The number of hydrogen-bond acceptors (Lipinski definition) is 4. The third kappa shape index (κ3) is 6.10. The number of para-hydroxylation sites is 1. The number of anilines is 1. The largest absolute Gasteiger partial charge is 0.450 e. The molecule has 0 aromatic heterocycles. The zero-order valence-corrected chi connectivity index (χ0v) is 20.4. The van der Waals surface area contributed by atoms with E-state index in [1.165, 1.54) is 0 Å². The van der Waals surface area contributed by atoms with Crippen LogP contribution in [0.4, 0.5) is 10.5 Å². The molecule has 186 valence electrons. The normalized spacial score (nSPS) is 13.4. The highest BCUT2D eigenvalue weighted by molar-refractivity contribution is 6.04. The molecule has 36 heavy (non-hydrogen) atoms. The molecule has 1 N–H and O–H groups in total. The van der Waals surface area contributed by atoms with Gasteiger partial charge in [-0.25, -0.2) is 4.79 Å². The maximum Gasteiger partial charge on any atom is 0.409 e. The van der Waals surface area contributed by atoms with Crippen molar-refractivity contribution in [1.29, 1.82) is 0 Å². The molecule has 3 aromatic carbocycles. The molecule has 0 aliphatic carbocycles. The van der Waals surface area contributed by atoms with Gasteiger partial charge < -0.3 is 19.9 Å². The minimum absolute atomic E-state index is 0.105. The van der Waals surface area contributed by atoms with E-state index in [9.17, 15) is 14.4 Å². The number of rotatable bonds is 7. The van der Waals surface area contributed by atoms with Crippen molar-refractivity contribution in [1.82, 2.24) is 9.80 Å². The van der Waals surface area contributed by atoms with Gasteiger partial charge in [-0.1, -0.05) is 72.8 Å². The average Bonchev–Trinajstić information content (AvgIpc) is 2.93. The lowest BCUT2D eigenvalue weighted by molar-refractivity contribution is -0.116. The monoisotopic (exact) mass is 485 g/mol. The number of nitrogens with zero attached hydrogens (tertiary/aromatic N) is 2. The van der Waals surface area contributed by atoms with E-state index in [-0.39, 0.29) is 30.2 Å². The predicted molar refractivity (Wildman–Crippen MR) is 139 cm³/mol. The summed E-state index contributed by atoms with van der Waals surface area (Å²) in [5.74, 6) is -0.441. The molecule has 4 rings (SSSR count). The Bertz CT molecular complexity index is 1140. The molecule has 1 heterocycles. The van der Waals surface area contributed by atoms with Crippen molar-refractivity contribution >= 4 is 23.6 Å². The highest BCUT2D eigenvalue weighted by atomic mass is 16.6. The van der Waals surface area contributed by atoms with Gasteiger partial charge in [0.25, 0.3) is 5.91 Å². The summed E-state index contributed by atoms with van der Waals surface area (Å²) in [5, 5.41) is 2.97. The summed E-state index contributed by atoms with van der Waals surface area (Å²) in [6, 6.07) is 27.0. The number of ether oxygens (including phenoxy) is 1. The summed E-state index contributed by atoms with van der Waals surface area (Å²) >= 11 is 0. The number of piperazine rings is 1. The van der Waals surface area contributed by atoms with Gasteiger partial charge in [-0.2, -0.15) is 0 Å². The van der Waals surface area contributed by atoms with E-state index < -0.39 is 0 Å². The van der Waals surface area contributed by atoms with E-state index in [0.29, 0.717) is 44.0 Å². The van der Waals surface area contributed by atoms with Gasteiger partial charge in [0, 0.05) is 38.5 Å². The third-order valence-electron chi connectivity index (χ3n) is 6.32. The van der Waals surface area contributed by atoms with Crippen LogP contribution in [-0.4, -0.2) is 60.5 Å². The number of hydrogen-bond donors (Lipinski definition) is 1. The number of carbonyl (C=O) groups is 3. The van der Waals surface area contributed by atoms with Crippen LogP contribution in [0.5, 0.6) is 0 Å². The van der Waals surface area contributed by atoms with E-state index in [0.717, 1.165) is 11.1 Å². The standard InChI is InChI=1S/C29H31N3O4/c1-2-36-29(35)32-19-17-31(18-20-32)28(34)24-15-9-10-16-26(24)30-27(33)21-25(22-11-5-3-6-12-22)23-13-7-4-8-14-23/h3-16,25H,2,17-21H2,1H3,(H,30,33). The molecule has 7 heteroatoms. The van der Waals surface area contributed by atoms with Gasteiger partial charge in [0.2, 0.25) is 5.91 Å². The fourth-order valence-electron chi connectivity index (χ4n) is 4.44. The van der Waals surface area contributed by atoms with Gasteiger partial charge in [0.1, 0.15) is 0 Å². The lowest BCUT2D eigenvalue weighted by Crippen LogP contribution is -2.50. The second-order valence-electron chi connectivity index (χ2n) is 8.65. The Hall–Kier alpha value is -4.13. The Kier molecular flexibility index (Phi) is 8.34. The van der Waals surface area contributed by atoms with Crippen LogP contribution < -0.4 is 5.32 Å². The van der Waals surface area contributed by atoms with Crippen LogP contribution in [-0.2, 0) is 9.53 Å². The molecule has 7 nitrogen and oxygen atoms in total. The van der Waals surface area contributed by atoms with E-state index in [4.69, 9.17) is 4.74 Å². The first-order chi connectivity index (χ1) is 17.6. The summed E-state index contributed by atoms with van der Waals surface area (Å²) in [4.78, 5) is 41.8. The molecule has 0 saturated carbocycles. The molecule has 1 fully saturated rings. The fraction of sp³-hybridized carbons (Fsp3) is 0.276. The zero-order valence-electron chi connectivity index (χ0n) is 20.4. The minimum Gasteiger partial charge on any atom is -0.450 e. The number of benzene rings is 3. The van der Waals surface area contributed by atoms with Crippen LogP contribution in [0.3, 0.4) is 0 Å². The number of carbonyl (C=O) groups excluding carboxylic acids is 3. The Morgan fingerprint density at radius 2 is 1.31 bits per heavy atom. The first kappa shape index (κ1) is 25.0. The molecule has 1 saturated heterocycles. The Morgan fingerprint density at radius 3 is 1.89 bits per heavy atom. The quantitative estimate of drug-likeness (QED) is 0.523. The molecular formula is C29H31N3O4. The smallest absolute Gasteiger partial charge is 0.409 e. The van der Waals surface area contributed by atoms with Crippen LogP contribution in [0.15, 0.2) is 84.9 Å². The van der Waals surface area contributed by atoms with Crippen molar-refractivity contribution < 1.29 is 19.1 Å². The zero-order chi connectivity index (χ0) is 25.3. The Labute approximate surface area is 211 Å². The summed E-state index contributed by atoms with van der Waals surface area (Å²) in [6.45, 7) is 3.73. The molecule has 0 bridgehead atoms. The van der Waals surface area contributed by atoms with Gasteiger partial charge in [-0.3, -0.25) is 9.59 Å². The minimum atomic E-state index is -0.358. The van der Waals surface area contributed by atoms with Crippen molar-refractivity contribution in [3.63, 3.8) is 0 Å². The molecule has 1 aliphatic heterocycles. The van der Waals surface area contributed by atoms with Crippen LogP contribution in [0, 0.1) is 0 Å². The second kappa shape index (κ2) is 12.0. The summed E-state index contributed by atoms with van der Waals surface area (Å²) in [6.07, 6.45) is -0.113. The summed E-state index contributed by atoms with van der Waals surface area (Å²) in [5.41, 5.74) is 3.04. The molecule has 0 atom stereocenters. The van der Waals surface area contributed by atoms with Crippen LogP contribution >= 0.6 is 0 Å². The number of nitrogens with one attached hydrogen (secondary N) is 1. The van der Waals surface area contributed by atoms with E-state index in [2.05, 4.69) is 5.32 Å². The first-order valence-electron chi connectivity index (χ1n) is 12.3. The van der Waals surface area contributed by atoms with Crippen LogP contribution in [0.1, 0.15) is 40.7 Å². The molecule has 3 aromatic rings. The van der Waals surface area contributed by atoms with E-state index >= 15 is 0 Å². The lowest BCUT2D eigenvalue weighted by atomic mass is 9.88. The van der Waals surface area contributed by atoms with Gasteiger partial charge in [-0.15, -0.1) is 0 Å². The second-order valence-corrected chi connectivity index (χ2v) is 8.65. The topological polar surface area (TPSA) is 79.0 Å². The summed E-state index contributed by atoms with van der Waals surface area (Å²) < 4.78 is 5.06. The molecule has 1 aliphatic rings. The van der Waals surface area contributed by atoms with Crippen molar-refractivity contribution in [2.24, 2.45) is 0 Å². The third-order valence-corrected chi connectivity index (χ3v) is 6.32. The van der Waals surface area contributed by atoms with Gasteiger partial charge in [0.15, 0.2) is 0 Å². The van der Waals surface area contributed by atoms with Gasteiger partial charge in [0.05, 0.1) is 17.9 Å². The van der Waals surface area contributed by atoms with Crippen molar-refractivity contribution in [3.8, 4) is 0 Å². The van der Waals surface area contributed by atoms with Crippen molar-refractivity contribution in [2.45, 2.75) is 19.3 Å². The highest BCUT2D eigenvalue weighted by Crippen LogP contribution is 2.29. The molecule has 0 unspecified atom stereocenters. The number of amides is 3. The maximum atomic E-state index is 13.3. The molecule has 3 amide bonds. The molecular weight excluding hydrogens is 454 g/mol. The van der Waals surface area contributed by atoms with E-state index in [1.807, 2.05) is 60.7 Å². The van der Waals surface area contributed by atoms with Gasteiger partial charge in [-0.05, 0) is 30.2 Å². The molecule has 0 spiro atoms. The van der Waals surface area contributed by atoms with Crippen molar-refractivity contribution in [2.75, 3.05) is 38.1 Å². The maximum absolute atomic E-state index is 13.3. The molecule has 0 radical (unpaired) electrons. The summed E-state index contributed by atoms with van der Waals surface area (Å²) in [7, 11) is 0. The SMILES string of the molecule is CCOC(=O)N1CCN(C(=O)c2ccccc2NC(=O)CC(c2ccccc2)c2ccccc2)CC1. The fourth-order valence-corrected chi connectivity index (χ4v) is 4.44. The Morgan fingerprint density at radius 1 is 0.778 bits per heavy atom. The van der Waals surface area contributed by atoms with Crippen molar-refractivity contribution in [3.05, 3.63) is 102 Å². The average molecular weight is 486 g/mol. The predicted octanol–water partition coefficient (Wildman–Crippen LogP) is 4.76. The highest BCUT2D eigenvalue weighted by Gasteiger charge is 2.27.